The summed E-state index contributed by atoms with van der Waals surface area (Å²) >= 11 is 9.77. The Morgan fingerprint density at radius 3 is 2.75 bits per heavy atom. The first-order valence-corrected chi connectivity index (χ1v) is 10.5. The van der Waals surface area contributed by atoms with Crippen LogP contribution in [0.1, 0.15) is 56.6 Å². The van der Waals surface area contributed by atoms with Gasteiger partial charge >= 0.3 is 5.97 Å². The van der Waals surface area contributed by atoms with E-state index in [1.807, 2.05) is 25.1 Å². The lowest BCUT2D eigenvalue weighted by molar-refractivity contribution is -0.139. The Labute approximate surface area is 178 Å². The topological polar surface area (TPSA) is 26.3 Å². The number of carbonyl (C=O) groups is 1. The molecule has 0 spiro atoms. The lowest BCUT2D eigenvalue weighted by Crippen LogP contribution is -2.12. The summed E-state index contributed by atoms with van der Waals surface area (Å²) in [5.74, 6) is -0.450. The smallest absolute Gasteiger partial charge is 0.310 e. The molecule has 1 unspecified atom stereocenters. The van der Waals surface area contributed by atoms with Crippen molar-refractivity contribution in [3.63, 3.8) is 0 Å². The van der Waals surface area contributed by atoms with Gasteiger partial charge in [-0.2, -0.15) is 0 Å². The van der Waals surface area contributed by atoms with Gasteiger partial charge in [0.2, 0.25) is 0 Å². The van der Waals surface area contributed by atoms with Gasteiger partial charge in [0.25, 0.3) is 0 Å². The zero-order valence-corrected chi connectivity index (χ0v) is 18.6. The molecule has 1 aromatic rings. The van der Waals surface area contributed by atoms with E-state index >= 15 is 0 Å². The number of fused-ring (bicyclic) bond motifs is 1. The molecule has 1 aromatic carbocycles. The predicted octanol–water partition coefficient (Wildman–Crippen LogP) is 7.32. The van der Waals surface area contributed by atoms with Crippen LogP contribution in [0.25, 0.3) is 5.57 Å². The lowest BCUT2D eigenvalue weighted by Gasteiger charge is -2.28. The second-order valence-electron chi connectivity index (χ2n) is 7.23. The zero-order chi connectivity index (χ0) is 20.4. The van der Waals surface area contributed by atoms with Gasteiger partial charge in [-0.05, 0) is 60.0 Å². The minimum absolute atomic E-state index is 0.117. The molecule has 0 bridgehead atoms. The van der Waals surface area contributed by atoms with Crippen LogP contribution in [0.4, 0.5) is 4.39 Å². The summed E-state index contributed by atoms with van der Waals surface area (Å²) in [7, 11) is 1.38. The minimum Gasteiger partial charge on any atom is -0.469 e. The first-order valence-electron chi connectivity index (χ1n) is 9.35. The second kappa shape index (κ2) is 8.79. The molecule has 0 N–H and O–H groups in total. The highest BCUT2D eigenvalue weighted by Gasteiger charge is 2.29. The van der Waals surface area contributed by atoms with Gasteiger partial charge in [-0.25, -0.2) is 4.39 Å². The lowest BCUT2D eigenvalue weighted by atomic mass is 9.78. The van der Waals surface area contributed by atoms with E-state index in [4.69, 9.17) is 16.3 Å². The number of esters is 1. The Morgan fingerprint density at radius 2 is 2.04 bits per heavy atom. The van der Waals surface area contributed by atoms with Gasteiger partial charge in [-0.3, -0.25) is 4.79 Å². The zero-order valence-electron chi connectivity index (χ0n) is 16.2. The van der Waals surface area contributed by atoms with Crippen molar-refractivity contribution in [1.29, 1.82) is 0 Å². The number of hydrogen-bond donors (Lipinski definition) is 0. The summed E-state index contributed by atoms with van der Waals surface area (Å²) in [5.41, 5.74) is 5.66. The van der Waals surface area contributed by atoms with Crippen molar-refractivity contribution in [3.05, 3.63) is 73.5 Å². The molecule has 2 aliphatic carbocycles. The largest absolute Gasteiger partial charge is 0.469 e. The predicted molar refractivity (Wildman–Crippen MR) is 116 cm³/mol. The molecule has 5 heteroatoms. The SMILES string of the molecule is COC(=O)CC1=C(C2=C(Cl)C(F)=C(Br)CC2)c2ccccc2C(C)CC=C1C. The van der Waals surface area contributed by atoms with Gasteiger partial charge in [0.1, 0.15) is 0 Å². The monoisotopic (exact) mass is 464 g/mol. The van der Waals surface area contributed by atoms with E-state index in [0.717, 1.165) is 34.3 Å². The summed E-state index contributed by atoms with van der Waals surface area (Å²) in [5, 5.41) is 0.117. The fraction of sp³-hybridized carbons (Fsp3) is 0.348. The Morgan fingerprint density at radius 1 is 1.32 bits per heavy atom. The van der Waals surface area contributed by atoms with E-state index < -0.39 is 5.83 Å². The van der Waals surface area contributed by atoms with Crippen LogP contribution in [-0.2, 0) is 9.53 Å². The van der Waals surface area contributed by atoms with Crippen LogP contribution in [0.3, 0.4) is 0 Å². The highest BCUT2D eigenvalue weighted by molar-refractivity contribution is 9.11. The van der Waals surface area contributed by atoms with E-state index in [9.17, 15) is 9.18 Å². The fourth-order valence-corrected chi connectivity index (χ4v) is 4.66. The molecule has 1 atom stereocenters. The number of rotatable bonds is 3. The van der Waals surface area contributed by atoms with Crippen molar-refractivity contribution in [3.8, 4) is 0 Å². The highest BCUT2D eigenvalue weighted by atomic mass is 79.9. The van der Waals surface area contributed by atoms with E-state index in [0.29, 0.717) is 23.2 Å². The Hall–Kier alpha value is -1.65. The molecule has 0 aliphatic heterocycles. The molecule has 0 saturated heterocycles. The van der Waals surface area contributed by atoms with Crippen molar-refractivity contribution in [2.75, 3.05) is 7.11 Å². The van der Waals surface area contributed by atoms with Crippen LogP contribution in [0.5, 0.6) is 0 Å². The molecule has 28 heavy (non-hydrogen) atoms. The summed E-state index contributed by atoms with van der Waals surface area (Å²) < 4.78 is 20.1. The molecule has 0 radical (unpaired) electrons. The number of allylic oxidation sites excluding steroid dienone is 7. The molecule has 2 aliphatic rings. The Bertz CT molecular complexity index is 940. The molecule has 2 nitrogen and oxygen atoms in total. The van der Waals surface area contributed by atoms with Crippen molar-refractivity contribution >= 4 is 39.1 Å². The summed E-state index contributed by atoms with van der Waals surface area (Å²) in [6, 6.07) is 8.13. The van der Waals surface area contributed by atoms with Crippen LogP contribution in [0.15, 0.2) is 62.4 Å². The normalized spacial score (nSPS) is 20.5. The van der Waals surface area contributed by atoms with Gasteiger partial charge < -0.3 is 4.74 Å². The number of benzene rings is 1. The third kappa shape index (κ3) is 4.04. The van der Waals surface area contributed by atoms with Crippen molar-refractivity contribution in [2.45, 2.75) is 45.4 Å². The molecular formula is C23H23BrClFO2. The first kappa shape index (κ1) is 21.1. The molecular weight excluding hydrogens is 443 g/mol. The number of ether oxygens (including phenoxy) is 1. The van der Waals surface area contributed by atoms with Crippen molar-refractivity contribution in [1.82, 2.24) is 0 Å². The van der Waals surface area contributed by atoms with Gasteiger partial charge in [-0.15, -0.1) is 0 Å². The van der Waals surface area contributed by atoms with Crippen molar-refractivity contribution in [2.24, 2.45) is 0 Å². The van der Waals surface area contributed by atoms with E-state index in [1.54, 1.807) is 0 Å². The molecule has 0 heterocycles. The molecule has 0 aromatic heterocycles. The van der Waals surface area contributed by atoms with Crippen LogP contribution >= 0.6 is 27.5 Å². The second-order valence-corrected chi connectivity index (χ2v) is 8.56. The van der Waals surface area contributed by atoms with Crippen molar-refractivity contribution < 1.29 is 13.9 Å². The number of hydrogen-bond acceptors (Lipinski definition) is 2. The third-order valence-corrected chi connectivity index (χ3v) is 6.60. The van der Waals surface area contributed by atoms with E-state index in [-0.39, 0.29) is 17.4 Å². The van der Waals surface area contributed by atoms with Gasteiger partial charge in [-0.1, -0.05) is 70.4 Å². The standard InChI is InChI=1S/C23H23BrClFO2/c1-13-8-9-14(2)18(12-20(27)28-3)21(16-7-5-4-6-15(13)16)17-10-11-19(24)23(26)22(17)25/h4-7,9,13H,8,10-12H2,1-3H3. The maximum atomic E-state index is 14.7. The molecule has 3 rings (SSSR count). The van der Waals surface area contributed by atoms with Crippen LogP contribution in [-0.4, -0.2) is 13.1 Å². The molecule has 0 amide bonds. The highest BCUT2D eigenvalue weighted by Crippen LogP contribution is 2.47. The van der Waals surface area contributed by atoms with Crippen LogP contribution in [0, 0.1) is 0 Å². The maximum absolute atomic E-state index is 14.7. The number of methoxy groups -OCH3 is 1. The Kier molecular flexibility index (Phi) is 6.61. The first-order chi connectivity index (χ1) is 13.3. The summed E-state index contributed by atoms with van der Waals surface area (Å²) in [6.45, 7) is 4.18. The number of carbonyl (C=O) groups excluding carboxylic acids is 1. The van der Waals surface area contributed by atoms with Gasteiger partial charge in [0, 0.05) is 4.48 Å². The average Bonchev–Trinajstić information content (AvgIpc) is 2.70. The molecule has 0 saturated carbocycles. The fourth-order valence-electron chi connectivity index (χ4n) is 3.85. The Balaban J connectivity index is 2.37. The van der Waals surface area contributed by atoms with Crippen LogP contribution in [0.2, 0.25) is 0 Å². The quantitative estimate of drug-likeness (QED) is 0.437. The minimum atomic E-state index is -0.429. The van der Waals surface area contributed by atoms with E-state index in [1.165, 1.54) is 12.7 Å². The van der Waals surface area contributed by atoms with E-state index in [2.05, 4.69) is 35.0 Å². The summed E-state index contributed by atoms with van der Waals surface area (Å²) in [4.78, 5) is 12.2. The summed E-state index contributed by atoms with van der Waals surface area (Å²) in [6.07, 6.45) is 4.28. The average molecular weight is 466 g/mol. The maximum Gasteiger partial charge on any atom is 0.310 e. The third-order valence-electron chi connectivity index (χ3n) is 5.46. The van der Waals surface area contributed by atoms with Crippen LogP contribution < -0.4 is 0 Å². The van der Waals surface area contributed by atoms with Gasteiger partial charge in [0.05, 0.1) is 18.6 Å². The molecule has 0 fully saturated rings. The molecule has 148 valence electrons. The number of halogens is 3. The van der Waals surface area contributed by atoms with Gasteiger partial charge in [0.15, 0.2) is 5.83 Å².